The molecular weight excluding hydrogens is 362 g/mol. The summed E-state index contributed by atoms with van der Waals surface area (Å²) < 4.78 is 7.94. The van der Waals surface area contributed by atoms with Gasteiger partial charge < -0.3 is 10.1 Å². The van der Waals surface area contributed by atoms with E-state index >= 15 is 0 Å². The van der Waals surface area contributed by atoms with E-state index < -0.39 is 0 Å². The molecule has 5 nitrogen and oxygen atoms in total. The number of carbonyl (C=O) groups excluding carboxylic acids is 1. The second-order valence-electron chi connectivity index (χ2n) is 7.52. The highest BCUT2D eigenvalue weighted by Gasteiger charge is 2.07. The van der Waals surface area contributed by atoms with Gasteiger partial charge in [0, 0.05) is 24.3 Å². The molecule has 1 aromatic heterocycles. The Balaban J connectivity index is 1.51. The molecule has 152 valence electrons. The van der Waals surface area contributed by atoms with E-state index in [-0.39, 0.29) is 5.91 Å². The van der Waals surface area contributed by atoms with Gasteiger partial charge in [0.25, 0.3) is 5.91 Å². The zero-order chi connectivity index (χ0) is 20.8. The summed E-state index contributed by atoms with van der Waals surface area (Å²) in [5, 5.41) is 7.44. The highest BCUT2D eigenvalue weighted by atomic mass is 16.5. The summed E-state index contributed by atoms with van der Waals surface area (Å²) in [5.41, 5.74) is 6.06. The summed E-state index contributed by atoms with van der Waals surface area (Å²) in [7, 11) is 0. The lowest BCUT2D eigenvalue weighted by molar-refractivity contribution is 0.0952. The van der Waals surface area contributed by atoms with E-state index in [4.69, 9.17) is 4.74 Å². The monoisotopic (exact) mass is 391 g/mol. The Bertz CT molecular complexity index is 992. The maximum atomic E-state index is 12.5. The Morgan fingerprint density at radius 2 is 1.90 bits per heavy atom. The van der Waals surface area contributed by atoms with Crippen molar-refractivity contribution in [3.63, 3.8) is 0 Å². The van der Waals surface area contributed by atoms with Crippen molar-refractivity contribution in [2.24, 2.45) is 0 Å². The molecule has 0 radical (unpaired) electrons. The van der Waals surface area contributed by atoms with Gasteiger partial charge in [0.2, 0.25) is 0 Å². The fraction of sp³-hybridized carbons (Fsp3) is 0.333. The Hall–Kier alpha value is -3.08. The maximum absolute atomic E-state index is 12.5. The molecule has 0 aliphatic carbocycles. The van der Waals surface area contributed by atoms with E-state index in [9.17, 15) is 4.79 Å². The van der Waals surface area contributed by atoms with Gasteiger partial charge in [-0.3, -0.25) is 9.48 Å². The van der Waals surface area contributed by atoms with Crippen LogP contribution in [-0.2, 0) is 13.2 Å². The Labute approximate surface area is 172 Å². The van der Waals surface area contributed by atoms with Crippen molar-refractivity contribution in [3.05, 3.63) is 82.2 Å². The summed E-state index contributed by atoms with van der Waals surface area (Å²) in [6, 6.07) is 15.8. The van der Waals surface area contributed by atoms with Gasteiger partial charge in [0.05, 0.1) is 5.69 Å². The molecule has 0 atom stereocenters. The number of nitrogens with zero attached hydrogens (tertiary/aromatic N) is 2. The van der Waals surface area contributed by atoms with Crippen LogP contribution >= 0.6 is 0 Å². The van der Waals surface area contributed by atoms with Crippen LogP contribution in [0.4, 0.5) is 0 Å². The highest BCUT2D eigenvalue weighted by molar-refractivity contribution is 5.94. The minimum atomic E-state index is -0.0630. The normalized spacial score (nSPS) is 10.8. The fourth-order valence-electron chi connectivity index (χ4n) is 3.26. The molecule has 2 aromatic carbocycles. The van der Waals surface area contributed by atoms with E-state index in [1.165, 1.54) is 5.56 Å². The second kappa shape index (κ2) is 9.41. The lowest BCUT2D eigenvalue weighted by Crippen LogP contribution is -2.25. The van der Waals surface area contributed by atoms with E-state index in [0.717, 1.165) is 41.2 Å². The van der Waals surface area contributed by atoms with Crippen LogP contribution in [0.5, 0.6) is 5.75 Å². The third-order valence-corrected chi connectivity index (χ3v) is 4.86. The standard InChI is InChI=1S/C24H29N3O2/c1-17-9-10-18(2)23(13-17)29-16-21-7-5-8-22(15-21)24(28)25-11-6-12-27-20(4)14-19(3)26-27/h5,7-10,13-15H,6,11-12,16H2,1-4H3,(H,25,28). The van der Waals surface area contributed by atoms with Crippen LogP contribution < -0.4 is 10.1 Å². The summed E-state index contributed by atoms with van der Waals surface area (Å²) in [6.45, 7) is 9.96. The topological polar surface area (TPSA) is 56.1 Å². The van der Waals surface area contributed by atoms with Crippen molar-refractivity contribution in [1.29, 1.82) is 0 Å². The number of ether oxygens (including phenoxy) is 1. The first-order chi connectivity index (χ1) is 13.9. The summed E-state index contributed by atoms with van der Waals surface area (Å²) in [5.74, 6) is 0.816. The van der Waals surface area contributed by atoms with E-state index in [1.54, 1.807) is 0 Å². The molecule has 0 saturated heterocycles. The van der Waals surface area contributed by atoms with Crippen LogP contribution in [0.25, 0.3) is 0 Å². The molecule has 3 aromatic rings. The van der Waals surface area contributed by atoms with Crippen LogP contribution in [0.2, 0.25) is 0 Å². The van der Waals surface area contributed by atoms with Crippen molar-refractivity contribution >= 4 is 5.91 Å². The molecular formula is C24H29N3O2. The molecule has 1 amide bonds. The van der Waals surface area contributed by atoms with Crippen LogP contribution in [-0.4, -0.2) is 22.2 Å². The molecule has 0 spiro atoms. The minimum absolute atomic E-state index is 0.0630. The predicted octanol–water partition coefficient (Wildman–Crippen LogP) is 4.52. The average molecular weight is 392 g/mol. The molecule has 0 aliphatic heterocycles. The minimum Gasteiger partial charge on any atom is -0.489 e. The first-order valence-corrected chi connectivity index (χ1v) is 10.0. The Morgan fingerprint density at radius 1 is 1.07 bits per heavy atom. The second-order valence-corrected chi connectivity index (χ2v) is 7.52. The van der Waals surface area contributed by atoms with Crippen LogP contribution in [0.15, 0.2) is 48.5 Å². The van der Waals surface area contributed by atoms with Gasteiger partial charge in [0.15, 0.2) is 0 Å². The van der Waals surface area contributed by atoms with Crippen LogP contribution in [0.3, 0.4) is 0 Å². The molecule has 3 rings (SSSR count). The lowest BCUT2D eigenvalue weighted by Gasteiger charge is -2.11. The predicted molar refractivity (Wildman–Crippen MR) is 115 cm³/mol. The van der Waals surface area contributed by atoms with Gasteiger partial charge in [-0.2, -0.15) is 5.10 Å². The quantitative estimate of drug-likeness (QED) is 0.575. The number of carbonyl (C=O) groups is 1. The van der Waals surface area contributed by atoms with Gasteiger partial charge in [-0.1, -0.05) is 24.3 Å². The zero-order valence-corrected chi connectivity index (χ0v) is 17.7. The van der Waals surface area contributed by atoms with Crippen molar-refractivity contribution in [3.8, 4) is 5.75 Å². The Morgan fingerprint density at radius 3 is 2.66 bits per heavy atom. The van der Waals surface area contributed by atoms with Crippen LogP contribution in [0, 0.1) is 27.7 Å². The van der Waals surface area contributed by atoms with Gasteiger partial charge in [-0.15, -0.1) is 0 Å². The number of benzene rings is 2. The third-order valence-electron chi connectivity index (χ3n) is 4.86. The van der Waals surface area contributed by atoms with Crippen molar-refractivity contribution in [2.75, 3.05) is 6.54 Å². The number of amides is 1. The van der Waals surface area contributed by atoms with Crippen molar-refractivity contribution in [2.45, 2.75) is 47.3 Å². The van der Waals surface area contributed by atoms with Gasteiger partial charge in [-0.05, 0) is 75.1 Å². The molecule has 29 heavy (non-hydrogen) atoms. The lowest BCUT2D eigenvalue weighted by atomic mass is 10.1. The molecule has 0 bridgehead atoms. The molecule has 1 heterocycles. The summed E-state index contributed by atoms with van der Waals surface area (Å²) in [6.07, 6.45) is 0.836. The van der Waals surface area contributed by atoms with Gasteiger partial charge in [0.1, 0.15) is 12.4 Å². The molecule has 5 heteroatoms. The summed E-state index contributed by atoms with van der Waals surface area (Å²) in [4.78, 5) is 12.5. The molecule has 0 saturated carbocycles. The largest absolute Gasteiger partial charge is 0.489 e. The SMILES string of the molecule is Cc1ccc(C)c(OCc2cccc(C(=O)NCCCn3nc(C)cc3C)c2)c1. The number of aryl methyl sites for hydroxylation is 5. The van der Waals surface area contributed by atoms with E-state index in [2.05, 4.69) is 28.6 Å². The molecule has 1 N–H and O–H groups in total. The average Bonchev–Trinajstić information content (AvgIpc) is 3.03. The first kappa shape index (κ1) is 20.6. The van der Waals surface area contributed by atoms with E-state index in [1.807, 2.05) is 62.7 Å². The number of nitrogens with one attached hydrogen (secondary N) is 1. The molecule has 0 fully saturated rings. The molecule has 0 unspecified atom stereocenters. The third kappa shape index (κ3) is 5.70. The maximum Gasteiger partial charge on any atom is 0.251 e. The first-order valence-electron chi connectivity index (χ1n) is 10.0. The van der Waals surface area contributed by atoms with E-state index in [0.29, 0.717) is 18.7 Å². The smallest absolute Gasteiger partial charge is 0.251 e. The summed E-state index contributed by atoms with van der Waals surface area (Å²) >= 11 is 0. The highest BCUT2D eigenvalue weighted by Crippen LogP contribution is 2.20. The number of hydrogen-bond acceptors (Lipinski definition) is 3. The van der Waals surface area contributed by atoms with Gasteiger partial charge in [-0.25, -0.2) is 0 Å². The molecule has 0 aliphatic rings. The van der Waals surface area contributed by atoms with Gasteiger partial charge >= 0.3 is 0 Å². The number of aromatic nitrogens is 2. The van der Waals surface area contributed by atoms with Crippen molar-refractivity contribution < 1.29 is 9.53 Å². The number of rotatable bonds is 8. The van der Waals surface area contributed by atoms with Crippen LogP contribution in [0.1, 0.15) is 44.9 Å². The van der Waals surface area contributed by atoms with Crippen molar-refractivity contribution in [1.82, 2.24) is 15.1 Å². The fourth-order valence-corrected chi connectivity index (χ4v) is 3.26. The zero-order valence-electron chi connectivity index (χ0n) is 17.7. The number of hydrogen-bond donors (Lipinski definition) is 1. The Kier molecular flexibility index (Phi) is 6.70.